The summed E-state index contributed by atoms with van der Waals surface area (Å²) in [6, 6.07) is 8.24. The molecule has 2 aromatic carbocycles. The van der Waals surface area contributed by atoms with E-state index in [0.717, 1.165) is 6.07 Å². The van der Waals surface area contributed by atoms with Gasteiger partial charge in [-0.05, 0) is 30.3 Å². The van der Waals surface area contributed by atoms with Gasteiger partial charge in [-0.2, -0.15) is 0 Å². The van der Waals surface area contributed by atoms with Crippen LogP contribution in [-0.4, -0.2) is 38.5 Å². The number of benzene rings is 2. The third kappa shape index (κ3) is 4.81. The summed E-state index contributed by atoms with van der Waals surface area (Å²) >= 11 is 0. The third-order valence-corrected chi connectivity index (χ3v) is 3.55. The number of rotatable bonds is 7. The van der Waals surface area contributed by atoms with Crippen LogP contribution in [0.25, 0.3) is 0 Å². The Bertz CT molecular complexity index is 880. The molecule has 0 radical (unpaired) electrons. The molecule has 27 heavy (non-hydrogen) atoms. The minimum absolute atomic E-state index is 0.0751. The molecule has 2 aromatic rings. The highest BCUT2D eigenvalue weighted by atomic mass is 19.1. The first-order valence-electron chi connectivity index (χ1n) is 7.85. The average molecular weight is 375 g/mol. The second-order valence-electron chi connectivity index (χ2n) is 5.42. The standard InChI is InChI=1S/C19H18FNO6/c1-11(22)21-12-7-8-13(15(20)9-12)16(23)10-27-19(24)14-5-4-6-17(25-2)18(14)26-3/h4-9H,10H2,1-3H3,(H,21,22). The zero-order valence-electron chi connectivity index (χ0n) is 15.0. The average Bonchev–Trinajstić information content (AvgIpc) is 2.64. The Morgan fingerprint density at radius 1 is 1.04 bits per heavy atom. The number of ether oxygens (including phenoxy) is 3. The molecule has 1 amide bonds. The fourth-order valence-electron chi connectivity index (χ4n) is 2.36. The van der Waals surface area contributed by atoms with Crippen molar-refractivity contribution in [2.45, 2.75) is 6.92 Å². The van der Waals surface area contributed by atoms with Gasteiger partial charge in [-0.3, -0.25) is 9.59 Å². The molecule has 0 atom stereocenters. The molecule has 0 aliphatic heterocycles. The predicted molar refractivity (Wildman–Crippen MR) is 94.9 cm³/mol. The van der Waals surface area contributed by atoms with Crippen LogP contribution in [-0.2, 0) is 9.53 Å². The number of carbonyl (C=O) groups excluding carboxylic acids is 3. The number of Topliss-reactive ketones (excluding diaryl/α,β-unsaturated/α-hetero) is 1. The summed E-state index contributed by atoms with van der Waals surface area (Å²) in [5.41, 5.74) is 0.0373. The predicted octanol–water partition coefficient (Wildman–Crippen LogP) is 2.84. The van der Waals surface area contributed by atoms with Crippen molar-refractivity contribution in [1.29, 1.82) is 0 Å². The molecule has 2 rings (SSSR count). The van der Waals surface area contributed by atoms with Crippen molar-refractivity contribution in [3.05, 3.63) is 53.3 Å². The van der Waals surface area contributed by atoms with Crippen LogP contribution in [0.2, 0.25) is 0 Å². The van der Waals surface area contributed by atoms with E-state index in [1.165, 1.54) is 39.3 Å². The second-order valence-corrected chi connectivity index (χ2v) is 5.42. The van der Waals surface area contributed by atoms with Crippen molar-refractivity contribution in [2.75, 3.05) is 26.1 Å². The number of nitrogens with one attached hydrogen (secondary N) is 1. The summed E-state index contributed by atoms with van der Waals surface area (Å²) in [4.78, 5) is 35.4. The van der Waals surface area contributed by atoms with E-state index in [0.29, 0.717) is 5.75 Å². The molecule has 0 saturated heterocycles. The normalized spacial score (nSPS) is 10.1. The molecule has 0 unspecified atom stereocenters. The summed E-state index contributed by atoms with van der Waals surface area (Å²) < 4.78 is 29.3. The number of amides is 1. The summed E-state index contributed by atoms with van der Waals surface area (Å²) in [7, 11) is 2.79. The van der Waals surface area contributed by atoms with Crippen molar-refractivity contribution < 1.29 is 33.0 Å². The molecule has 8 heteroatoms. The van der Waals surface area contributed by atoms with Gasteiger partial charge in [0.05, 0.1) is 19.8 Å². The number of esters is 1. The SMILES string of the molecule is COc1cccc(C(=O)OCC(=O)c2ccc(NC(C)=O)cc2F)c1OC. The molecule has 142 valence electrons. The molecule has 1 N–H and O–H groups in total. The van der Waals surface area contributed by atoms with E-state index in [9.17, 15) is 18.8 Å². The van der Waals surface area contributed by atoms with Crippen molar-refractivity contribution in [3.8, 4) is 11.5 Å². The molecule has 0 bridgehead atoms. The number of hydrogen-bond donors (Lipinski definition) is 1. The van der Waals surface area contributed by atoms with Gasteiger partial charge in [-0.1, -0.05) is 6.07 Å². The number of carbonyl (C=O) groups is 3. The first-order chi connectivity index (χ1) is 12.9. The third-order valence-electron chi connectivity index (χ3n) is 3.55. The van der Waals surface area contributed by atoms with Gasteiger partial charge in [0.1, 0.15) is 11.4 Å². The van der Waals surface area contributed by atoms with E-state index in [1.54, 1.807) is 12.1 Å². The Morgan fingerprint density at radius 2 is 1.78 bits per heavy atom. The summed E-state index contributed by atoms with van der Waals surface area (Å²) in [5.74, 6) is -2.23. The van der Waals surface area contributed by atoms with Crippen LogP contribution in [0.5, 0.6) is 11.5 Å². The number of halogens is 1. The number of hydrogen-bond acceptors (Lipinski definition) is 6. The Kier molecular flexibility index (Phi) is 6.48. The van der Waals surface area contributed by atoms with Gasteiger partial charge >= 0.3 is 5.97 Å². The van der Waals surface area contributed by atoms with Crippen molar-refractivity contribution >= 4 is 23.3 Å². The smallest absolute Gasteiger partial charge is 0.342 e. The van der Waals surface area contributed by atoms with Gasteiger partial charge in [0.15, 0.2) is 18.1 Å². The highest BCUT2D eigenvalue weighted by molar-refractivity contribution is 6.01. The quantitative estimate of drug-likeness (QED) is 0.591. The van der Waals surface area contributed by atoms with Gasteiger partial charge in [0.25, 0.3) is 0 Å². The van der Waals surface area contributed by atoms with Crippen LogP contribution in [0.1, 0.15) is 27.6 Å². The van der Waals surface area contributed by atoms with Gasteiger partial charge in [0, 0.05) is 12.6 Å². The van der Waals surface area contributed by atoms with E-state index in [1.807, 2.05) is 0 Å². The maximum absolute atomic E-state index is 14.1. The molecule has 0 saturated carbocycles. The molecule has 7 nitrogen and oxygen atoms in total. The molecule has 0 heterocycles. The Balaban J connectivity index is 2.10. The number of ketones is 1. The van der Waals surface area contributed by atoms with Crippen LogP contribution in [0.4, 0.5) is 10.1 Å². The molecule has 0 spiro atoms. The number of anilines is 1. The van der Waals surface area contributed by atoms with Crippen molar-refractivity contribution in [1.82, 2.24) is 0 Å². The molecular weight excluding hydrogens is 357 g/mol. The van der Waals surface area contributed by atoms with Crippen LogP contribution in [0.15, 0.2) is 36.4 Å². The van der Waals surface area contributed by atoms with E-state index < -0.39 is 24.2 Å². The van der Waals surface area contributed by atoms with Crippen molar-refractivity contribution in [3.63, 3.8) is 0 Å². The molecule has 0 fully saturated rings. The topological polar surface area (TPSA) is 90.9 Å². The van der Waals surface area contributed by atoms with E-state index in [2.05, 4.69) is 5.32 Å². The Morgan fingerprint density at radius 3 is 2.37 bits per heavy atom. The summed E-state index contributed by atoms with van der Waals surface area (Å²) in [5, 5.41) is 2.41. The molecular formula is C19H18FNO6. The summed E-state index contributed by atoms with van der Waals surface area (Å²) in [6.45, 7) is 0.624. The lowest BCUT2D eigenvalue weighted by Crippen LogP contribution is -2.16. The Labute approximate surface area is 155 Å². The van der Waals surface area contributed by atoms with E-state index >= 15 is 0 Å². The lowest BCUT2D eigenvalue weighted by atomic mass is 10.1. The molecule has 0 aromatic heterocycles. The van der Waals surface area contributed by atoms with Crippen LogP contribution in [0.3, 0.4) is 0 Å². The number of methoxy groups -OCH3 is 2. The Hall–Kier alpha value is -3.42. The number of para-hydroxylation sites is 1. The second kappa shape index (κ2) is 8.79. The first kappa shape index (κ1) is 19.9. The maximum Gasteiger partial charge on any atom is 0.342 e. The van der Waals surface area contributed by atoms with Gasteiger partial charge in [-0.25, -0.2) is 9.18 Å². The minimum atomic E-state index is -0.832. The highest BCUT2D eigenvalue weighted by Gasteiger charge is 2.20. The fraction of sp³-hybridized carbons (Fsp3) is 0.211. The van der Waals surface area contributed by atoms with E-state index in [4.69, 9.17) is 14.2 Å². The van der Waals surface area contributed by atoms with Gasteiger partial charge in [0.2, 0.25) is 11.7 Å². The van der Waals surface area contributed by atoms with Gasteiger partial charge in [-0.15, -0.1) is 0 Å². The van der Waals surface area contributed by atoms with Crippen molar-refractivity contribution in [2.24, 2.45) is 0 Å². The first-order valence-corrected chi connectivity index (χ1v) is 7.85. The fourth-order valence-corrected chi connectivity index (χ4v) is 2.36. The molecule has 0 aliphatic carbocycles. The zero-order chi connectivity index (χ0) is 20.0. The molecule has 0 aliphatic rings. The maximum atomic E-state index is 14.1. The van der Waals surface area contributed by atoms with Crippen LogP contribution in [0, 0.1) is 5.82 Å². The largest absolute Gasteiger partial charge is 0.493 e. The van der Waals surface area contributed by atoms with Crippen LogP contribution < -0.4 is 14.8 Å². The van der Waals surface area contributed by atoms with Gasteiger partial charge < -0.3 is 19.5 Å². The lowest BCUT2D eigenvalue weighted by Gasteiger charge is -2.12. The summed E-state index contributed by atoms with van der Waals surface area (Å²) in [6.07, 6.45) is 0. The lowest BCUT2D eigenvalue weighted by molar-refractivity contribution is -0.114. The minimum Gasteiger partial charge on any atom is -0.493 e. The zero-order valence-corrected chi connectivity index (χ0v) is 15.0. The monoisotopic (exact) mass is 375 g/mol. The van der Waals surface area contributed by atoms with Crippen LogP contribution >= 0.6 is 0 Å². The highest BCUT2D eigenvalue weighted by Crippen LogP contribution is 2.31. The van der Waals surface area contributed by atoms with E-state index in [-0.39, 0.29) is 28.5 Å².